The molecule has 0 atom stereocenters. The molecule has 1 aliphatic carbocycles. The first-order valence-electron chi connectivity index (χ1n) is 6.52. The number of rotatable bonds is 6. The first kappa shape index (κ1) is 14.3. The number of aliphatic hydroxyl groups is 1. The summed E-state index contributed by atoms with van der Waals surface area (Å²) in [5, 5.41) is 8.86. The van der Waals surface area contributed by atoms with E-state index in [-0.39, 0.29) is 6.61 Å². The smallest absolute Gasteiger partial charge is 0.396 e. The second kappa shape index (κ2) is 5.92. The van der Waals surface area contributed by atoms with Crippen molar-refractivity contribution < 1.29 is 18.3 Å². The molecule has 0 saturated heterocycles. The molecular formula is C14H18F3NO. The van der Waals surface area contributed by atoms with Crippen LogP contribution in [0.3, 0.4) is 0 Å². The highest BCUT2D eigenvalue weighted by Gasteiger charge is 2.35. The summed E-state index contributed by atoms with van der Waals surface area (Å²) in [6, 6.07) is 6.11. The van der Waals surface area contributed by atoms with Crippen molar-refractivity contribution >= 4 is 0 Å². The normalized spacial score (nSPS) is 16.1. The molecule has 0 unspecified atom stereocenters. The minimum Gasteiger partial charge on any atom is -0.396 e. The Hall–Kier alpha value is -1.07. The fraction of sp³-hybridized carbons (Fsp3) is 0.571. The predicted octanol–water partition coefficient (Wildman–Crippen LogP) is 3.05. The van der Waals surface area contributed by atoms with Gasteiger partial charge in [0.2, 0.25) is 0 Å². The maximum Gasteiger partial charge on any atom is 0.416 e. The zero-order valence-corrected chi connectivity index (χ0v) is 10.7. The van der Waals surface area contributed by atoms with E-state index in [1.165, 1.54) is 12.1 Å². The molecule has 1 aromatic carbocycles. The zero-order chi connectivity index (χ0) is 13.9. The lowest BCUT2D eigenvalue weighted by molar-refractivity contribution is -0.138. The maximum absolute atomic E-state index is 12.9. The van der Waals surface area contributed by atoms with Crippen LogP contribution in [0.2, 0.25) is 0 Å². The van der Waals surface area contributed by atoms with Crippen LogP contribution in [-0.2, 0) is 12.7 Å². The lowest BCUT2D eigenvalue weighted by atomic mass is 10.1. The van der Waals surface area contributed by atoms with Crippen molar-refractivity contribution in [1.29, 1.82) is 0 Å². The van der Waals surface area contributed by atoms with Crippen molar-refractivity contribution in [1.82, 2.24) is 4.90 Å². The van der Waals surface area contributed by atoms with Crippen molar-refractivity contribution in [2.45, 2.75) is 38.0 Å². The number of benzene rings is 1. The van der Waals surface area contributed by atoms with Gasteiger partial charge in [0.1, 0.15) is 0 Å². The lowest BCUT2D eigenvalue weighted by Gasteiger charge is -2.23. The third-order valence-corrected chi connectivity index (χ3v) is 3.36. The third-order valence-electron chi connectivity index (χ3n) is 3.36. The molecule has 0 radical (unpaired) electrons. The summed E-state index contributed by atoms with van der Waals surface area (Å²) in [5.41, 5.74) is -0.232. The van der Waals surface area contributed by atoms with Crippen LogP contribution < -0.4 is 0 Å². The van der Waals surface area contributed by atoms with E-state index in [0.717, 1.165) is 18.9 Å². The van der Waals surface area contributed by atoms with Gasteiger partial charge in [0.05, 0.1) is 5.56 Å². The lowest BCUT2D eigenvalue weighted by Crippen LogP contribution is -2.28. The van der Waals surface area contributed by atoms with E-state index in [1.54, 1.807) is 6.07 Å². The van der Waals surface area contributed by atoms with Gasteiger partial charge in [-0.05, 0) is 30.9 Å². The Morgan fingerprint density at radius 3 is 2.47 bits per heavy atom. The highest BCUT2D eigenvalue weighted by Crippen LogP contribution is 2.34. The average Bonchev–Trinajstić information content (AvgIpc) is 3.18. The van der Waals surface area contributed by atoms with Crippen molar-refractivity contribution in [2.24, 2.45) is 0 Å². The summed E-state index contributed by atoms with van der Waals surface area (Å²) in [7, 11) is 0. The fourth-order valence-electron chi connectivity index (χ4n) is 2.26. The molecule has 0 spiro atoms. The number of halogens is 3. The maximum atomic E-state index is 12.9. The van der Waals surface area contributed by atoms with Gasteiger partial charge in [0, 0.05) is 25.7 Å². The van der Waals surface area contributed by atoms with E-state index < -0.39 is 11.7 Å². The van der Waals surface area contributed by atoms with Gasteiger partial charge in [-0.3, -0.25) is 4.90 Å². The molecule has 0 bridgehead atoms. The summed E-state index contributed by atoms with van der Waals surface area (Å²) in [4.78, 5) is 2.04. The van der Waals surface area contributed by atoms with Gasteiger partial charge >= 0.3 is 6.18 Å². The Kier molecular flexibility index (Phi) is 4.47. The number of alkyl halides is 3. The SMILES string of the molecule is OCCCN(Cc1ccccc1C(F)(F)F)C1CC1. The van der Waals surface area contributed by atoms with Crippen LogP contribution in [0, 0.1) is 0 Å². The molecule has 0 aromatic heterocycles. The van der Waals surface area contributed by atoms with Crippen molar-refractivity contribution in [2.75, 3.05) is 13.2 Å². The molecule has 1 fully saturated rings. The van der Waals surface area contributed by atoms with Gasteiger partial charge in [-0.15, -0.1) is 0 Å². The van der Waals surface area contributed by atoms with E-state index in [4.69, 9.17) is 5.11 Å². The van der Waals surface area contributed by atoms with Gasteiger partial charge in [0.25, 0.3) is 0 Å². The van der Waals surface area contributed by atoms with E-state index in [0.29, 0.717) is 31.1 Å². The Balaban J connectivity index is 2.12. The minimum absolute atomic E-state index is 0.0735. The standard InChI is InChI=1S/C14H18F3NO/c15-14(16,17)13-5-2-1-4-11(13)10-18(8-3-9-19)12-6-7-12/h1-2,4-5,12,19H,3,6-10H2. The van der Waals surface area contributed by atoms with Crippen LogP contribution in [0.5, 0.6) is 0 Å². The molecule has 0 amide bonds. The van der Waals surface area contributed by atoms with Gasteiger partial charge in [-0.25, -0.2) is 0 Å². The fourth-order valence-corrected chi connectivity index (χ4v) is 2.26. The monoisotopic (exact) mass is 273 g/mol. The minimum atomic E-state index is -4.30. The quantitative estimate of drug-likeness (QED) is 0.861. The van der Waals surface area contributed by atoms with Gasteiger partial charge in [-0.2, -0.15) is 13.2 Å². The van der Waals surface area contributed by atoms with E-state index >= 15 is 0 Å². The molecule has 1 aliphatic rings. The van der Waals surface area contributed by atoms with Crippen molar-refractivity contribution in [3.63, 3.8) is 0 Å². The highest BCUT2D eigenvalue weighted by atomic mass is 19.4. The van der Waals surface area contributed by atoms with Crippen LogP contribution in [0.15, 0.2) is 24.3 Å². The molecular weight excluding hydrogens is 255 g/mol. The molecule has 2 rings (SSSR count). The molecule has 1 aromatic rings. The van der Waals surface area contributed by atoms with Crippen LogP contribution in [-0.4, -0.2) is 29.2 Å². The largest absolute Gasteiger partial charge is 0.416 e. The van der Waals surface area contributed by atoms with Gasteiger partial charge in [0.15, 0.2) is 0 Å². The molecule has 0 aliphatic heterocycles. The summed E-state index contributed by atoms with van der Waals surface area (Å²) >= 11 is 0. The molecule has 106 valence electrons. The Labute approximate surface area is 110 Å². The molecule has 19 heavy (non-hydrogen) atoms. The summed E-state index contributed by atoms with van der Waals surface area (Å²) in [6.07, 6.45) is -1.62. The number of hydrogen-bond donors (Lipinski definition) is 1. The Bertz CT molecular complexity index is 415. The predicted molar refractivity (Wildman–Crippen MR) is 66.6 cm³/mol. The second-order valence-electron chi connectivity index (χ2n) is 4.93. The van der Waals surface area contributed by atoms with Crippen molar-refractivity contribution in [3.05, 3.63) is 35.4 Å². The first-order valence-corrected chi connectivity index (χ1v) is 6.52. The molecule has 0 heterocycles. The number of hydrogen-bond acceptors (Lipinski definition) is 2. The van der Waals surface area contributed by atoms with E-state index in [9.17, 15) is 13.2 Å². The highest BCUT2D eigenvalue weighted by molar-refractivity contribution is 5.29. The summed E-state index contributed by atoms with van der Waals surface area (Å²) in [6.45, 7) is 1.03. The zero-order valence-electron chi connectivity index (χ0n) is 10.7. The molecule has 1 saturated carbocycles. The topological polar surface area (TPSA) is 23.5 Å². The number of nitrogens with zero attached hydrogens (tertiary/aromatic N) is 1. The van der Waals surface area contributed by atoms with E-state index in [1.807, 2.05) is 4.90 Å². The molecule has 5 heteroatoms. The van der Waals surface area contributed by atoms with Crippen LogP contribution in [0.1, 0.15) is 30.4 Å². The van der Waals surface area contributed by atoms with Crippen LogP contribution >= 0.6 is 0 Å². The third kappa shape index (κ3) is 3.94. The number of aliphatic hydroxyl groups excluding tert-OH is 1. The van der Waals surface area contributed by atoms with E-state index in [2.05, 4.69) is 0 Å². The van der Waals surface area contributed by atoms with Gasteiger partial charge in [-0.1, -0.05) is 18.2 Å². The molecule has 2 nitrogen and oxygen atoms in total. The Morgan fingerprint density at radius 1 is 1.21 bits per heavy atom. The first-order chi connectivity index (χ1) is 9.02. The average molecular weight is 273 g/mol. The molecule has 1 N–H and O–H groups in total. The Morgan fingerprint density at radius 2 is 1.89 bits per heavy atom. The summed E-state index contributed by atoms with van der Waals surface area (Å²) < 4.78 is 38.7. The van der Waals surface area contributed by atoms with Crippen LogP contribution in [0.25, 0.3) is 0 Å². The second-order valence-corrected chi connectivity index (χ2v) is 4.93. The van der Waals surface area contributed by atoms with Crippen LogP contribution in [0.4, 0.5) is 13.2 Å². The van der Waals surface area contributed by atoms with Gasteiger partial charge < -0.3 is 5.11 Å². The summed E-state index contributed by atoms with van der Waals surface area (Å²) in [5.74, 6) is 0. The van der Waals surface area contributed by atoms with Crippen molar-refractivity contribution in [3.8, 4) is 0 Å².